The third-order valence-corrected chi connectivity index (χ3v) is 4.39. The van der Waals surface area contributed by atoms with E-state index in [0.717, 1.165) is 6.07 Å². The highest BCUT2D eigenvalue weighted by atomic mass is 32.2. The maximum absolute atomic E-state index is 12.0. The van der Waals surface area contributed by atoms with Gasteiger partial charge in [0.2, 0.25) is 0 Å². The first-order valence-corrected chi connectivity index (χ1v) is 7.07. The van der Waals surface area contributed by atoms with Crippen LogP contribution in [0.5, 0.6) is 5.75 Å². The number of carboxylic acids is 1. The van der Waals surface area contributed by atoms with Gasteiger partial charge in [-0.2, -0.15) is 0 Å². The monoisotopic (exact) mass is 272 g/mol. The molecule has 0 atom stereocenters. The first-order valence-electron chi connectivity index (χ1n) is 5.42. The van der Waals surface area contributed by atoms with Crippen molar-refractivity contribution in [2.45, 2.75) is 18.7 Å². The Labute approximate surface area is 106 Å². The lowest BCUT2D eigenvalue weighted by atomic mass is 10.2. The van der Waals surface area contributed by atoms with Crippen LogP contribution in [0.1, 0.15) is 24.2 Å². The summed E-state index contributed by atoms with van der Waals surface area (Å²) < 4.78 is 28.8. The second kappa shape index (κ2) is 5.39. The molecule has 1 aromatic rings. The zero-order valence-corrected chi connectivity index (χ0v) is 11.3. The highest BCUT2D eigenvalue weighted by molar-refractivity contribution is 7.91. The second-order valence-electron chi connectivity index (χ2n) is 4.34. The maximum Gasteiger partial charge on any atom is 0.339 e. The number of carboxylic acid groups (broad SMARTS) is 1. The van der Waals surface area contributed by atoms with Gasteiger partial charge in [0.05, 0.1) is 17.8 Å². The summed E-state index contributed by atoms with van der Waals surface area (Å²) in [4.78, 5) is 11.0. The van der Waals surface area contributed by atoms with Crippen LogP contribution in [0.2, 0.25) is 0 Å². The Morgan fingerprint density at radius 3 is 2.44 bits per heavy atom. The number of sulfone groups is 1. The molecule has 1 aromatic carbocycles. The van der Waals surface area contributed by atoms with Crippen LogP contribution in [0.25, 0.3) is 0 Å². The summed E-state index contributed by atoms with van der Waals surface area (Å²) in [6, 6.07) is 3.86. The summed E-state index contributed by atoms with van der Waals surface area (Å²) in [6.07, 6.45) is 0. The Balaban J connectivity index is 3.28. The first-order chi connectivity index (χ1) is 8.27. The Morgan fingerprint density at radius 1 is 1.39 bits per heavy atom. The number of hydrogen-bond donors (Lipinski definition) is 1. The van der Waals surface area contributed by atoms with Crippen molar-refractivity contribution in [2.24, 2.45) is 5.92 Å². The van der Waals surface area contributed by atoms with E-state index in [0.29, 0.717) is 0 Å². The van der Waals surface area contributed by atoms with Crippen molar-refractivity contribution >= 4 is 15.8 Å². The molecule has 1 N–H and O–H groups in total. The van der Waals surface area contributed by atoms with E-state index < -0.39 is 15.8 Å². The van der Waals surface area contributed by atoms with Gasteiger partial charge in [-0.15, -0.1) is 0 Å². The van der Waals surface area contributed by atoms with E-state index in [2.05, 4.69) is 0 Å². The van der Waals surface area contributed by atoms with Gasteiger partial charge in [0, 0.05) is 0 Å². The fraction of sp³-hybridized carbons (Fsp3) is 0.417. The summed E-state index contributed by atoms with van der Waals surface area (Å²) in [5.74, 6) is -1.11. The van der Waals surface area contributed by atoms with E-state index >= 15 is 0 Å². The summed E-state index contributed by atoms with van der Waals surface area (Å²) in [6.45, 7) is 3.58. The molecule has 18 heavy (non-hydrogen) atoms. The van der Waals surface area contributed by atoms with Gasteiger partial charge in [-0.1, -0.05) is 13.8 Å². The lowest BCUT2D eigenvalue weighted by molar-refractivity contribution is 0.0693. The predicted molar refractivity (Wildman–Crippen MR) is 66.8 cm³/mol. The molecule has 0 saturated heterocycles. The number of methoxy groups -OCH3 is 1. The van der Waals surface area contributed by atoms with Crippen LogP contribution in [0.3, 0.4) is 0 Å². The van der Waals surface area contributed by atoms with Gasteiger partial charge in [0.25, 0.3) is 0 Å². The molecule has 6 heteroatoms. The normalized spacial score (nSPS) is 11.6. The summed E-state index contributed by atoms with van der Waals surface area (Å²) in [5, 5.41) is 8.99. The standard InChI is InChI=1S/C12H16O5S/c1-8(2)7-18(15,16)9-4-5-11(17-3)10(6-9)12(13)14/h4-6,8H,7H2,1-3H3,(H,13,14). The second-order valence-corrected chi connectivity index (χ2v) is 6.38. The molecule has 0 aliphatic carbocycles. The van der Waals surface area contributed by atoms with Crippen molar-refractivity contribution < 1.29 is 23.1 Å². The summed E-state index contributed by atoms with van der Waals surface area (Å²) >= 11 is 0. The Hall–Kier alpha value is -1.56. The molecule has 100 valence electrons. The third-order valence-electron chi connectivity index (χ3n) is 2.31. The minimum atomic E-state index is -3.46. The minimum absolute atomic E-state index is 0.00870. The van der Waals surface area contributed by atoms with Crippen molar-refractivity contribution in [3.05, 3.63) is 23.8 Å². The number of ether oxygens (including phenoxy) is 1. The average Bonchev–Trinajstić information content (AvgIpc) is 2.26. The molecule has 0 amide bonds. The lowest BCUT2D eigenvalue weighted by Crippen LogP contribution is -2.13. The average molecular weight is 272 g/mol. The molecule has 0 heterocycles. The van der Waals surface area contributed by atoms with Gasteiger partial charge in [-0.05, 0) is 24.1 Å². The SMILES string of the molecule is COc1ccc(S(=O)(=O)CC(C)C)cc1C(=O)O. The van der Waals surface area contributed by atoms with E-state index in [-0.39, 0.29) is 27.9 Å². The number of carbonyl (C=O) groups is 1. The van der Waals surface area contributed by atoms with E-state index in [1.165, 1.54) is 19.2 Å². The Bertz CT molecular complexity index is 546. The minimum Gasteiger partial charge on any atom is -0.496 e. The highest BCUT2D eigenvalue weighted by Crippen LogP contribution is 2.23. The van der Waals surface area contributed by atoms with Crippen LogP contribution in [-0.4, -0.2) is 32.4 Å². The first kappa shape index (κ1) is 14.5. The molecular weight excluding hydrogens is 256 g/mol. The van der Waals surface area contributed by atoms with Gasteiger partial charge in [0.1, 0.15) is 11.3 Å². The van der Waals surface area contributed by atoms with Gasteiger partial charge >= 0.3 is 5.97 Å². The number of hydrogen-bond acceptors (Lipinski definition) is 4. The molecule has 0 spiro atoms. The molecule has 0 fully saturated rings. The molecule has 5 nitrogen and oxygen atoms in total. The highest BCUT2D eigenvalue weighted by Gasteiger charge is 2.20. The third kappa shape index (κ3) is 3.22. The van der Waals surface area contributed by atoms with Gasteiger partial charge in [0.15, 0.2) is 9.84 Å². The van der Waals surface area contributed by atoms with Gasteiger partial charge < -0.3 is 9.84 Å². The van der Waals surface area contributed by atoms with E-state index in [4.69, 9.17) is 9.84 Å². The Kier molecular flexibility index (Phi) is 4.34. The molecule has 1 rings (SSSR count). The topological polar surface area (TPSA) is 80.7 Å². The van der Waals surface area contributed by atoms with Crippen LogP contribution >= 0.6 is 0 Å². The molecular formula is C12H16O5S. The van der Waals surface area contributed by atoms with Crippen LogP contribution in [0.15, 0.2) is 23.1 Å². The molecule has 0 unspecified atom stereocenters. The van der Waals surface area contributed by atoms with Crippen molar-refractivity contribution in [1.82, 2.24) is 0 Å². The molecule has 0 aromatic heterocycles. The Morgan fingerprint density at radius 2 is 2.00 bits per heavy atom. The number of rotatable bonds is 5. The van der Waals surface area contributed by atoms with Gasteiger partial charge in [-0.25, -0.2) is 13.2 Å². The van der Waals surface area contributed by atoms with Crippen LogP contribution in [0, 0.1) is 5.92 Å². The zero-order chi connectivity index (χ0) is 13.9. The lowest BCUT2D eigenvalue weighted by Gasteiger charge is -2.10. The summed E-state index contributed by atoms with van der Waals surface area (Å²) in [7, 11) is -2.12. The van der Waals surface area contributed by atoms with Crippen molar-refractivity contribution in [3.8, 4) is 5.75 Å². The fourth-order valence-corrected chi connectivity index (χ4v) is 3.23. The molecule has 0 radical (unpaired) electrons. The van der Waals surface area contributed by atoms with E-state index in [9.17, 15) is 13.2 Å². The smallest absolute Gasteiger partial charge is 0.339 e. The quantitative estimate of drug-likeness (QED) is 0.884. The van der Waals surface area contributed by atoms with Crippen molar-refractivity contribution in [2.75, 3.05) is 12.9 Å². The van der Waals surface area contributed by atoms with Gasteiger partial charge in [-0.3, -0.25) is 0 Å². The van der Waals surface area contributed by atoms with Crippen LogP contribution < -0.4 is 4.74 Å². The molecule has 0 saturated carbocycles. The molecule has 0 aliphatic heterocycles. The van der Waals surface area contributed by atoms with Crippen molar-refractivity contribution in [3.63, 3.8) is 0 Å². The maximum atomic E-state index is 12.0. The fourth-order valence-electron chi connectivity index (χ4n) is 1.58. The zero-order valence-electron chi connectivity index (χ0n) is 10.5. The van der Waals surface area contributed by atoms with Crippen molar-refractivity contribution in [1.29, 1.82) is 0 Å². The molecule has 0 aliphatic rings. The van der Waals surface area contributed by atoms with E-state index in [1.54, 1.807) is 13.8 Å². The van der Waals surface area contributed by atoms with Crippen LogP contribution in [-0.2, 0) is 9.84 Å². The summed E-state index contributed by atoms with van der Waals surface area (Å²) in [5.41, 5.74) is -0.151. The number of benzene rings is 1. The van der Waals surface area contributed by atoms with Crippen LogP contribution in [0.4, 0.5) is 0 Å². The number of aromatic carboxylic acids is 1. The molecule has 0 bridgehead atoms. The van der Waals surface area contributed by atoms with E-state index in [1.807, 2.05) is 0 Å². The largest absolute Gasteiger partial charge is 0.496 e. The predicted octanol–water partition coefficient (Wildman–Crippen LogP) is 1.82.